The Morgan fingerprint density at radius 1 is 1.35 bits per heavy atom. The van der Waals surface area contributed by atoms with Gasteiger partial charge in [0.05, 0.1) is 18.2 Å². The molecule has 0 amide bonds. The zero-order chi connectivity index (χ0) is 18.7. The van der Waals surface area contributed by atoms with Gasteiger partial charge in [-0.15, -0.1) is 0 Å². The molecule has 2 N–H and O–H groups in total. The number of ether oxygens (including phenoxy) is 2. The SMILES string of the molecule is COc1ccc(C(=O)OCc2noc(-c3ccsc3)n2)cc1S(N)(=O)=O. The van der Waals surface area contributed by atoms with Gasteiger partial charge < -0.3 is 14.0 Å². The van der Waals surface area contributed by atoms with Crippen LogP contribution in [0.15, 0.2) is 44.4 Å². The third kappa shape index (κ3) is 3.90. The number of thiophene rings is 1. The van der Waals surface area contributed by atoms with E-state index in [1.165, 1.54) is 30.6 Å². The van der Waals surface area contributed by atoms with Crippen LogP contribution in [0.1, 0.15) is 16.2 Å². The van der Waals surface area contributed by atoms with E-state index in [9.17, 15) is 13.2 Å². The Morgan fingerprint density at radius 3 is 2.81 bits per heavy atom. The van der Waals surface area contributed by atoms with Gasteiger partial charge in [0.15, 0.2) is 6.61 Å². The number of nitrogens with zero attached hydrogens (tertiary/aromatic N) is 2. The van der Waals surface area contributed by atoms with Gasteiger partial charge in [0, 0.05) is 5.38 Å². The molecular weight excluding hydrogens is 382 g/mol. The van der Waals surface area contributed by atoms with Crippen molar-refractivity contribution in [3.8, 4) is 17.2 Å². The van der Waals surface area contributed by atoms with E-state index in [1.54, 1.807) is 0 Å². The molecule has 0 fully saturated rings. The smallest absolute Gasteiger partial charge is 0.338 e. The molecule has 0 bridgehead atoms. The minimum Gasteiger partial charge on any atom is -0.495 e. The first-order valence-corrected chi connectivity index (χ1v) is 9.60. The van der Waals surface area contributed by atoms with E-state index in [-0.39, 0.29) is 28.6 Å². The van der Waals surface area contributed by atoms with Gasteiger partial charge in [-0.05, 0) is 29.6 Å². The topological polar surface area (TPSA) is 135 Å². The fourth-order valence-electron chi connectivity index (χ4n) is 2.06. The number of hydrogen-bond donors (Lipinski definition) is 1. The predicted molar refractivity (Wildman–Crippen MR) is 91.1 cm³/mol. The first kappa shape index (κ1) is 18.0. The Kier molecular flexibility index (Phi) is 5.02. The van der Waals surface area contributed by atoms with Crippen LogP contribution >= 0.6 is 11.3 Å². The van der Waals surface area contributed by atoms with Crippen molar-refractivity contribution in [2.75, 3.05) is 7.11 Å². The molecule has 0 aliphatic heterocycles. The molecule has 2 aromatic heterocycles. The Morgan fingerprint density at radius 2 is 2.15 bits per heavy atom. The number of carbonyl (C=O) groups is 1. The number of sulfonamides is 1. The number of methoxy groups -OCH3 is 1. The molecule has 0 aliphatic rings. The lowest BCUT2D eigenvalue weighted by Crippen LogP contribution is -2.15. The Labute approximate surface area is 152 Å². The monoisotopic (exact) mass is 395 g/mol. The Balaban J connectivity index is 1.73. The third-order valence-electron chi connectivity index (χ3n) is 3.27. The third-order valence-corrected chi connectivity index (χ3v) is 4.89. The van der Waals surface area contributed by atoms with Gasteiger partial charge in [0.2, 0.25) is 15.8 Å². The maximum absolute atomic E-state index is 12.1. The fraction of sp³-hybridized carbons (Fsp3) is 0.133. The molecule has 0 aliphatic carbocycles. The number of primary sulfonamides is 1. The van der Waals surface area contributed by atoms with E-state index >= 15 is 0 Å². The Hall–Kier alpha value is -2.76. The van der Waals surface area contributed by atoms with Crippen molar-refractivity contribution in [2.24, 2.45) is 5.14 Å². The molecule has 9 nitrogen and oxygen atoms in total. The van der Waals surface area contributed by atoms with Gasteiger partial charge in [-0.1, -0.05) is 5.16 Å². The lowest BCUT2D eigenvalue weighted by Gasteiger charge is -2.08. The highest BCUT2D eigenvalue weighted by Crippen LogP contribution is 2.24. The summed E-state index contributed by atoms with van der Waals surface area (Å²) in [6.45, 7) is -0.233. The first-order valence-electron chi connectivity index (χ1n) is 7.11. The largest absolute Gasteiger partial charge is 0.495 e. The van der Waals surface area contributed by atoms with Crippen molar-refractivity contribution >= 4 is 27.3 Å². The van der Waals surface area contributed by atoms with E-state index in [0.717, 1.165) is 11.6 Å². The van der Waals surface area contributed by atoms with Crippen LogP contribution in [0.3, 0.4) is 0 Å². The van der Waals surface area contributed by atoms with Crippen LogP contribution < -0.4 is 9.88 Å². The highest BCUT2D eigenvalue weighted by Gasteiger charge is 2.19. The molecule has 11 heteroatoms. The number of aromatic nitrogens is 2. The summed E-state index contributed by atoms with van der Waals surface area (Å²) in [5, 5.41) is 12.6. The molecular formula is C15H13N3O6S2. The normalized spacial score (nSPS) is 11.3. The summed E-state index contributed by atoms with van der Waals surface area (Å²) in [6, 6.07) is 5.59. The quantitative estimate of drug-likeness (QED) is 0.624. The predicted octanol–water partition coefficient (Wildman–Crippen LogP) is 1.81. The van der Waals surface area contributed by atoms with Crippen LogP contribution in [0.25, 0.3) is 11.5 Å². The summed E-state index contributed by atoms with van der Waals surface area (Å²) in [7, 11) is -2.77. The van der Waals surface area contributed by atoms with Crippen LogP contribution in [-0.4, -0.2) is 31.6 Å². The van der Waals surface area contributed by atoms with Gasteiger partial charge in [-0.25, -0.2) is 18.4 Å². The van der Waals surface area contributed by atoms with Gasteiger partial charge >= 0.3 is 5.97 Å². The molecule has 0 unspecified atom stereocenters. The van der Waals surface area contributed by atoms with Crippen molar-refractivity contribution in [2.45, 2.75) is 11.5 Å². The molecule has 1 aromatic carbocycles. The maximum Gasteiger partial charge on any atom is 0.338 e. The number of hydrogen-bond acceptors (Lipinski definition) is 9. The number of esters is 1. The molecule has 0 spiro atoms. The second kappa shape index (κ2) is 7.23. The average molecular weight is 395 g/mol. The Bertz CT molecular complexity index is 1030. The number of carbonyl (C=O) groups excluding carboxylic acids is 1. The highest BCUT2D eigenvalue weighted by molar-refractivity contribution is 7.89. The fourth-order valence-corrected chi connectivity index (χ4v) is 3.41. The summed E-state index contributed by atoms with van der Waals surface area (Å²) in [6.07, 6.45) is 0. The molecule has 0 atom stereocenters. The molecule has 0 saturated carbocycles. The van der Waals surface area contributed by atoms with Gasteiger partial charge in [0.1, 0.15) is 10.6 Å². The van der Waals surface area contributed by atoms with Gasteiger partial charge in [-0.2, -0.15) is 16.3 Å². The van der Waals surface area contributed by atoms with Crippen molar-refractivity contribution in [3.63, 3.8) is 0 Å². The average Bonchev–Trinajstić information content (AvgIpc) is 3.29. The van der Waals surface area contributed by atoms with Gasteiger partial charge in [-0.3, -0.25) is 0 Å². The van der Waals surface area contributed by atoms with Gasteiger partial charge in [0.25, 0.3) is 5.89 Å². The maximum atomic E-state index is 12.1. The summed E-state index contributed by atoms with van der Waals surface area (Å²) in [5.41, 5.74) is 0.768. The highest BCUT2D eigenvalue weighted by atomic mass is 32.2. The molecule has 0 saturated heterocycles. The van der Waals surface area contributed by atoms with Crippen molar-refractivity contribution in [3.05, 3.63) is 46.4 Å². The van der Waals surface area contributed by atoms with E-state index in [1.807, 2.05) is 16.8 Å². The van der Waals surface area contributed by atoms with Crippen LogP contribution in [0.5, 0.6) is 5.75 Å². The van der Waals surface area contributed by atoms with E-state index in [4.69, 9.17) is 19.1 Å². The number of benzene rings is 1. The second-order valence-corrected chi connectivity index (χ2v) is 7.32. The first-order chi connectivity index (χ1) is 12.4. The van der Waals surface area contributed by atoms with E-state index in [2.05, 4.69) is 10.1 Å². The van der Waals surface area contributed by atoms with E-state index < -0.39 is 16.0 Å². The van der Waals surface area contributed by atoms with Crippen LogP contribution in [0.2, 0.25) is 0 Å². The van der Waals surface area contributed by atoms with E-state index in [0.29, 0.717) is 5.89 Å². The molecule has 2 heterocycles. The summed E-state index contributed by atoms with van der Waals surface area (Å²) < 4.78 is 38.3. The number of nitrogens with two attached hydrogens (primary N) is 1. The van der Waals surface area contributed by atoms with Crippen LogP contribution in [0.4, 0.5) is 0 Å². The van der Waals surface area contributed by atoms with Crippen molar-refractivity contribution < 1.29 is 27.2 Å². The summed E-state index contributed by atoms with van der Waals surface area (Å²) in [4.78, 5) is 16.0. The zero-order valence-electron chi connectivity index (χ0n) is 13.4. The standard InChI is InChI=1S/C15H13N3O6S2/c1-22-11-3-2-9(6-12(11)26(16,20)21)15(19)23-7-13-17-14(24-18-13)10-4-5-25-8-10/h2-6,8H,7H2,1H3,(H2,16,20,21). The lowest BCUT2D eigenvalue weighted by molar-refractivity contribution is 0.0459. The molecule has 3 aromatic rings. The van der Waals surface area contributed by atoms with Crippen LogP contribution in [-0.2, 0) is 21.4 Å². The minimum atomic E-state index is -4.06. The van der Waals surface area contributed by atoms with Crippen LogP contribution in [0, 0.1) is 0 Å². The lowest BCUT2D eigenvalue weighted by atomic mass is 10.2. The molecule has 0 radical (unpaired) electrons. The molecule has 3 rings (SSSR count). The van der Waals surface area contributed by atoms with Crippen molar-refractivity contribution in [1.82, 2.24) is 10.1 Å². The summed E-state index contributed by atoms with van der Waals surface area (Å²) in [5.74, 6) is -0.236. The number of rotatable bonds is 6. The minimum absolute atomic E-state index is 0.00335. The zero-order valence-corrected chi connectivity index (χ0v) is 15.0. The second-order valence-electron chi connectivity index (χ2n) is 5.01. The summed E-state index contributed by atoms with van der Waals surface area (Å²) >= 11 is 1.48. The molecule has 26 heavy (non-hydrogen) atoms. The molecule has 136 valence electrons. The van der Waals surface area contributed by atoms with Crippen molar-refractivity contribution in [1.29, 1.82) is 0 Å².